The lowest BCUT2D eigenvalue weighted by Gasteiger charge is -2.15. The van der Waals surface area contributed by atoms with Crippen molar-refractivity contribution in [3.8, 4) is 0 Å². The second kappa shape index (κ2) is 6.51. The van der Waals surface area contributed by atoms with E-state index in [1.807, 2.05) is 24.3 Å². The molecular weight excluding hydrogens is 347 g/mol. The van der Waals surface area contributed by atoms with Crippen molar-refractivity contribution in [2.24, 2.45) is 5.92 Å². The summed E-state index contributed by atoms with van der Waals surface area (Å²) < 4.78 is 1.04. The standard InChI is InChI=1S/C17H19IO/c1-12-7-9-13(2)14(10-8-12)11-17(19)15-5-3-4-6-16(15)18/h3-6,8,14H,2,7,9-11H2,1H3. The van der Waals surface area contributed by atoms with Gasteiger partial charge in [0, 0.05) is 15.6 Å². The number of rotatable bonds is 3. The highest BCUT2D eigenvalue weighted by Crippen LogP contribution is 2.30. The highest BCUT2D eigenvalue weighted by atomic mass is 127. The normalized spacial score (nSPS) is 19.8. The topological polar surface area (TPSA) is 17.1 Å². The number of carbonyl (C=O) groups excluding carboxylic acids is 1. The summed E-state index contributed by atoms with van der Waals surface area (Å²) in [6.07, 6.45) is 5.92. The van der Waals surface area contributed by atoms with Gasteiger partial charge in [-0.25, -0.2) is 0 Å². The Hall–Kier alpha value is -0.900. The van der Waals surface area contributed by atoms with Crippen LogP contribution in [0.15, 0.2) is 48.1 Å². The van der Waals surface area contributed by atoms with Crippen LogP contribution in [0.2, 0.25) is 0 Å². The molecule has 0 amide bonds. The maximum absolute atomic E-state index is 12.4. The quantitative estimate of drug-likeness (QED) is 0.410. The minimum absolute atomic E-state index is 0.240. The van der Waals surface area contributed by atoms with E-state index in [-0.39, 0.29) is 5.78 Å². The van der Waals surface area contributed by atoms with Crippen molar-refractivity contribution in [2.75, 3.05) is 0 Å². The highest BCUT2D eigenvalue weighted by Gasteiger charge is 2.20. The van der Waals surface area contributed by atoms with Gasteiger partial charge in [0.25, 0.3) is 0 Å². The van der Waals surface area contributed by atoms with Crippen LogP contribution in [0.4, 0.5) is 0 Å². The number of hydrogen-bond acceptors (Lipinski definition) is 1. The molecule has 2 rings (SSSR count). The zero-order valence-corrected chi connectivity index (χ0v) is 13.4. The predicted molar refractivity (Wildman–Crippen MR) is 88.3 cm³/mol. The van der Waals surface area contributed by atoms with E-state index in [0.29, 0.717) is 12.3 Å². The van der Waals surface area contributed by atoms with E-state index in [2.05, 4.69) is 42.2 Å². The van der Waals surface area contributed by atoms with Gasteiger partial charge in [-0.2, -0.15) is 0 Å². The summed E-state index contributed by atoms with van der Waals surface area (Å²) >= 11 is 2.23. The van der Waals surface area contributed by atoms with Gasteiger partial charge >= 0.3 is 0 Å². The minimum Gasteiger partial charge on any atom is -0.294 e. The van der Waals surface area contributed by atoms with Crippen molar-refractivity contribution in [3.05, 3.63) is 57.2 Å². The molecule has 0 saturated carbocycles. The second-order valence-electron chi connectivity index (χ2n) is 5.25. The maximum atomic E-state index is 12.4. The fourth-order valence-corrected chi connectivity index (χ4v) is 3.11. The lowest BCUT2D eigenvalue weighted by Crippen LogP contribution is -2.11. The van der Waals surface area contributed by atoms with E-state index >= 15 is 0 Å². The van der Waals surface area contributed by atoms with Crippen LogP contribution in [0.3, 0.4) is 0 Å². The first-order valence-corrected chi connectivity index (χ1v) is 7.77. The Morgan fingerprint density at radius 3 is 2.84 bits per heavy atom. The largest absolute Gasteiger partial charge is 0.294 e. The van der Waals surface area contributed by atoms with Crippen LogP contribution in [0.25, 0.3) is 0 Å². The number of ketones is 1. The second-order valence-corrected chi connectivity index (χ2v) is 6.41. The third kappa shape index (κ3) is 3.78. The number of hydrogen-bond donors (Lipinski definition) is 0. The van der Waals surface area contributed by atoms with Crippen LogP contribution < -0.4 is 0 Å². The molecule has 1 unspecified atom stereocenters. The van der Waals surface area contributed by atoms with Crippen LogP contribution in [0.5, 0.6) is 0 Å². The Kier molecular flexibility index (Phi) is 4.97. The van der Waals surface area contributed by atoms with Crippen molar-refractivity contribution in [2.45, 2.75) is 32.6 Å². The lowest BCUT2D eigenvalue weighted by molar-refractivity contribution is 0.0966. The van der Waals surface area contributed by atoms with E-state index in [9.17, 15) is 4.79 Å². The molecule has 0 saturated heterocycles. The average molecular weight is 366 g/mol. The first-order chi connectivity index (χ1) is 9.08. The maximum Gasteiger partial charge on any atom is 0.164 e. The molecule has 1 atom stereocenters. The van der Waals surface area contributed by atoms with E-state index in [1.165, 1.54) is 11.1 Å². The zero-order valence-electron chi connectivity index (χ0n) is 11.3. The smallest absolute Gasteiger partial charge is 0.164 e. The third-order valence-corrected chi connectivity index (χ3v) is 4.72. The molecule has 0 radical (unpaired) electrons. The van der Waals surface area contributed by atoms with E-state index in [4.69, 9.17) is 0 Å². The predicted octanol–water partition coefficient (Wildman–Crippen LogP) is 5.17. The molecule has 0 aliphatic heterocycles. The highest BCUT2D eigenvalue weighted by molar-refractivity contribution is 14.1. The van der Waals surface area contributed by atoms with Crippen LogP contribution in [0, 0.1) is 9.49 Å². The molecule has 0 heterocycles. The molecule has 1 aliphatic rings. The SMILES string of the molecule is C=C1CCC(C)=CCC1CC(=O)c1ccccc1I. The van der Waals surface area contributed by atoms with E-state index in [0.717, 1.165) is 28.4 Å². The Morgan fingerprint density at radius 2 is 2.11 bits per heavy atom. The number of Topliss-reactive ketones (excluding diaryl/α,β-unsaturated/α-hetero) is 1. The third-order valence-electron chi connectivity index (χ3n) is 3.77. The van der Waals surface area contributed by atoms with Crippen molar-refractivity contribution in [1.82, 2.24) is 0 Å². The molecule has 1 aromatic rings. The van der Waals surface area contributed by atoms with Crippen LogP contribution >= 0.6 is 22.6 Å². The van der Waals surface area contributed by atoms with Crippen LogP contribution in [0.1, 0.15) is 43.0 Å². The van der Waals surface area contributed by atoms with Crippen molar-refractivity contribution >= 4 is 28.4 Å². The van der Waals surface area contributed by atoms with Gasteiger partial charge in [-0.3, -0.25) is 4.79 Å². The Morgan fingerprint density at radius 1 is 1.37 bits per heavy atom. The lowest BCUT2D eigenvalue weighted by atomic mass is 9.89. The van der Waals surface area contributed by atoms with Gasteiger partial charge in [-0.05, 0) is 60.8 Å². The van der Waals surface area contributed by atoms with E-state index < -0.39 is 0 Å². The molecule has 0 N–H and O–H groups in total. The Balaban J connectivity index is 2.10. The Labute approximate surface area is 128 Å². The number of halogens is 1. The molecule has 0 spiro atoms. The summed E-state index contributed by atoms with van der Waals surface area (Å²) in [6.45, 7) is 6.34. The van der Waals surface area contributed by atoms with Crippen molar-refractivity contribution in [3.63, 3.8) is 0 Å². The van der Waals surface area contributed by atoms with Gasteiger partial charge in [-0.15, -0.1) is 0 Å². The molecule has 0 fully saturated rings. The molecule has 2 heteroatoms. The molecule has 0 aromatic heterocycles. The summed E-state index contributed by atoms with van der Waals surface area (Å²) in [5.74, 6) is 0.546. The van der Waals surface area contributed by atoms with Crippen LogP contribution in [-0.4, -0.2) is 5.78 Å². The zero-order chi connectivity index (χ0) is 13.8. The summed E-state index contributed by atoms with van der Waals surface area (Å²) in [4.78, 5) is 12.4. The van der Waals surface area contributed by atoms with Crippen LogP contribution in [-0.2, 0) is 0 Å². The summed E-state index contributed by atoms with van der Waals surface area (Å²) in [7, 11) is 0. The van der Waals surface area contributed by atoms with Gasteiger partial charge in [0.2, 0.25) is 0 Å². The molecule has 1 nitrogen and oxygen atoms in total. The van der Waals surface area contributed by atoms with Crippen molar-refractivity contribution in [1.29, 1.82) is 0 Å². The fourth-order valence-electron chi connectivity index (χ4n) is 2.42. The van der Waals surface area contributed by atoms with Gasteiger partial charge in [-0.1, -0.05) is 42.0 Å². The molecular formula is C17H19IO. The van der Waals surface area contributed by atoms with Gasteiger partial charge in [0.1, 0.15) is 0 Å². The number of allylic oxidation sites excluding steroid dienone is 3. The summed E-state index contributed by atoms with van der Waals surface area (Å²) in [5, 5.41) is 0. The number of carbonyl (C=O) groups is 1. The van der Waals surface area contributed by atoms with E-state index in [1.54, 1.807) is 0 Å². The molecule has 1 aromatic carbocycles. The minimum atomic E-state index is 0.240. The van der Waals surface area contributed by atoms with Gasteiger partial charge in [0.05, 0.1) is 0 Å². The molecule has 1 aliphatic carbocycles. The first kappa shape index (κ1) is 14.5. The summed E-state index contributed by atoms with van der Waals surface area (Å²) in [5.41, 5.74) is 3.50. The molecule has 0 bridgehead atoms. The summed E-state index contributed by atoms with van der Waals surface area (Å²) in [6, 6.07) is 7.81. The van der Waals surface area contributed by atoms with Crippen molar-refractivity contribution < 1.29 is 4.79 Å². The van der Waals surface area contributed by atoms with Gasteiger partial charge < -0.3 is 0 Å². The molecule has 100 valence electrons. The first-order valence-electron chi connectivity index (χ1n) is 6.69. The number of benzene rings is 1. The monoisotopic (exact) mass is 366 g/mol. The fraction of sp³-hybridized carbons (Fsp3) is 0.353. The average Bonchev–Trinajstić information content (AvgIpc) is 2.54. The Bertz CT molecular complexity index is 528. The van der Waals surface area contributed by atoms with Gasteiger partial charge in [0.15, 0.2) is 5.78 Å². The molecule has 19 heavy (non-hydrogen) atoms.